The number of hydrogen-bond acceptors (Lipinski definition) is 2. The molecule has 1 aromatic heterocycles. The molecule has 0 saturated heterocycles. The van der Waals surface area contributed by atoms with Gasteiger partial charge in [0.25, 0.3) is 5.91 Å². The number of pyridine rings is 1. The van der Waals surface area contributed by atoms with E-state index in [0.29, 0.717) is 24.2 Å². The van der Waals surface area contributed by atoms with Gasteiger partial charge in [0.05, 0.1) is 0 Å². The van der Waals surface area contributed by atoms with E-state index in [-0.39, 0.29) is 11.7 Å². The molecule has 0 radical (unpaired) electrons. The van der Waals surface area contributed by atoms with Gasteiger partial charge in [-0.2, -0.15) is 0 Å². The Morgan fingerprint density at radius 1 is 1.21 bits per heavy atom. The maximum atomic E-state index is 13.4. The summed E-state index contributed by atoms with van der Waals surface area (Å²) in [4.78, 5) is 15.9. The smallest absolute Gasteiger partial charge is 0.269 e. The molecule has 0 unspecified atom stereocenters. The molecule has 0 aliphatic rings. The number of halogens is 1. The van der Waals surface area contributed by atoms with Crippen molar-refractivity contribution in [1.82, 2.24) is 10.3 Å². The number of hydrogen-bond donors (Lipinski definition) is 1. The second-order valence-corrected chi connectivity index (χ2v) is 4.26. The van der Waals surface area contributed by atoms with E-state index in [9.17, 15) is 9.18 Å². The van der Waals surface area contributed by atoms with Gasteiger partial charge in [-0.1, -0.05) is 24.3 Å². The summed E-state index contributed by atoms with van der Waals surface area (Å²) < 4.78 is 13.4. The average molecular weight is 258 g/mol. The van der Waals surface area contributed by atoms with Crippen LogP contribution in [0.5, 0.6) is 0 Å². The van der Waals surface area contributed by atoms with Crippen LogP contribution in [-0.4, -0.2) is 17.4 Å². The molecule has 1 aromatic carbocycles. The summed E-state index contributed by atoms with van der Waals surface area (Å²) in [5.41, 5.74) is 1.77. The average Bonchev–Trinajstić information content (AvgIpc) is 2.41. The first kappa shape index (κ1) is 13.2. The monoisotopic (exact) mass is 258 g/mol. The lowest BCUT2D eigenvalue weighted by molar-refractivity contribution is 0.0949. The van der Waals surface area contributed by atoms with E-state index in [2.05, 4.69) is 10.3 Å². The molecule has 1 amide bonds. The molecule has 2 rings (SSSR count). The predicted octanol–water partition coefficient (Wildman–Crippen LogP) is 2.50. The second-order valence-electron chi connectivity index (χ2n) is 4.26. The van der Waals surface area contributed by atoms with Gasteiger partial charge in [0.15, 0.2) is 0 Å². The van der Waals surface area contributed by atoms with Crippen molar-refractivity contribution in [2.24, 2.45) is 0 Å². The van der Waals surface area contributed by atoms with Crippen molar-refractivity contribution in [2.75, 3.05) is 6.54 Å². The molecule has 1 N–H and O–H groups in total. The minimum absolute atomic E-state index is 0.236. The maximum absolute atomic E-state index is 13.4. The molecule has 0 fully saturated rings. The molecule has 2 aromatic rings. The van der Waals surface area contributed by atoms with Crippen LogP contribution in [0.15, 0.2) is 42.5 Å². The zero-order valence-electron chi connectivity index (χ0n) is 10.7. The Bertz CT molecular complexity index is 584. The third kappa shape index (κ3) is 3.61. The topological polar surface area (TPSA) is 42.0 Å². The van der Waals surface area contributed by atoms with Crippen molar-refractivity contribution in [1.29, 1.82) is 0 Å². The molecular formula is C15H15FN2O. The van der Waals surface area contributed by atoms with Gasteiger partial charge in [0, 0.05) is 12.2 Å². The molecule has 0 aliphatic carbocycles. The summed E-state index contributed by atoms with van der Waals surface area (Å²) in [6.45, 7) is 2.21. The lowest BCUT2D eigenvalue weighted by Crippen LogP contribution is -2.26. The highest BCUT2D eigenvalue weighted by Crippen LogP contribution is 2.06. The Hall–Kier alpha value is -2.23. The lowest BCUT2D eigenvalue weighted by Gasteiger charge is -2.06. The standard InChI is InChI=1S/C15H15FN2O/c1-11-5-4-8-14(18-11)15(19)17-10-9-12-6-2-3-7-13(12)16/h2-8H,9-10H2,1H3,(H,17,19). The van der Waals surface area contributed by atoms with Crippen LogP contribution in [0.1, 0.15) is 21.7 Å². The molecule has 3 nitrogen and oxygen atoms in total. The summed E-state index contributed by atoms with van der Waals surface area (Å²) >= 11 is 0. The van der Waals surface area contributed by atoms with Gasteiger partial charge >= 0.3 is 0 Å². The second kappa shape index (κ2) is 6.09. The van der Waals surface area contributed by atoms with Crippen LogP contribution in [0.3, 0.4) is 0 Å². The number of aryl methyl sites for hydroxylation is 1. The molecule has 0 saturated carbocycles. The summed E-state index contributed by atoms with van der Waals surface area (Å²) in [5.74, 6) is -0.481. The molecule has 0 spiro atoms. The molecule has 0 bridgehead atoms. The Kier molecular flexibility index (Phi) is 4.23. The number of nitrogens with zero attached hydrogens (tertiary/aromatic N) is 1. The number of benzene rings is 1. The summed E-state index contributed by atoms with van der Waals surface area (Å²) in [5, 5.41) is 2.73. The van der Waals surface area contributed by atoms with E-state index in [1.807, 2.05) is 13.0 Å². The zero-order valence-corrected chi connectivity index (χ0v) is 10.7. The van der Waals surface area contributed by atoms with Crippen molar-refractivity contribution < 1.29 is 9.18 Å². The first-order valence-electron chi connectivity index (χ1n) is 6.12. The predicted molar refractivity (Wildman–Crippen MR) is 71.4 cm³/mol. The Balaban J connectivity index is 1.90. The van der Waals surface area contributed by atoms with E-state index in [4.69, 9.17) is 0 Å². The molecule has 98 valence electrons. The number of aromatic nitrogens is 1. The van der Waals surface area contributed by atoms with Crippen LogP contribution >= 0.6 is 0 Å². The summed E-state index contributed by atoms with van der Waals surface area (Å²) in [7, 11) is 0. The van der Waals surface area contributed by atoms with E-state index in [1.165, 1.54) is 6.07 Å². The first-order valence-corrected chi connectivity index (χ1v) is 6.12. The van der Waals surface area contributed by atoms with Crippen LogP contribution in [0.25, 0.3) is 0 Å². The van der Waals surface area contributed by atoms with Crippen molar-refractivity contribution in [3.63, 3.8) is 0 Å². The van der Waals surface area contributed by atoms with Gasteiger partial charge in [0.2, 0.25) is 0 Å². The highest BCUT2D eigenvalue weighted by atomic mass is 19.1. The normalized spacial score (nSPS) is 10.2. The molecular weight excluding hydrogens is 243 g/mol. The molecule has 19 heavy (non-hydrogen) atoms. The van der Waals surface area contributed by atoms with Gasteiger partial charge in [-0.05, 0) is 37.1 Å². The fourth-order valence-electron chi connectivity index (χ4n) is 1.77. The summed E-state index contributed by atoms with van der Waals surface area (Å²) in [6.07, 6.45) is 0.463. The largest absolute Gasteiger partial charge is 0.350 e. The van der Waals surface area contributed by atoms with Crippen LogP contribution in [0.4, 0.5) is 4.39 Å². The van der Waals surface area contributed by atoms with Crippen molar-refractivity contribution >= 4 is 5.91 Å². The van der Waals surface area contributed by atoms with Crippen molar-refractivity contribution in [2.45, 2.75) is 13.3 Å². The van der Waals surface area contributed by atoms with E-state index in [1.54, 1.807) is 30.3 Å². The van der Waals surface area contributed by atoms with Crippen LogP contribution in [-0.2, 0) is 6.42 Å². The van der Waals surface area contributed by atoms with Crippen LogP contribution in [0.2, 0.25) is 0 Å². The lowest BCUT2D eigenvalue weighted by atomic mass is 10.1. The van der Waals surface area contributed by atoms with Crippen LogP contribution in [0, 0.1) is 12.7 Å². The van der Waals surface area contributed by atoms with Crippen molar-refractivity contribution in [3.8, 4) is 0 Å². The van der Waals surface area contributed by atoms with Gasteiger partial charge in [-0.15, -0.1) is 0 Å². The minimum atomic E-state index is -0.245. The first-order chi connectivity index (χ1) is 9.16. The number of carbonyl (C=O) groups excluding carboxylic acids is 1. The minimum Gasteiger partial charge on any atom is -0.350 e. The summed E-state index contributed by atoms with van der Waals surface area (Å²) in [6, 6.07) is 11.8. The molecule has 4 heteroatoms. The SMILES string of the molecule is Cc1cccc(C(=O)NCCc2ccccc2F)n1. The van der Waals surface area contributed by atoms with Gasteiger partial charge in [-0.3, -0.25) is 4.79 Å². The van der Waals surface area contributed by atoms with E-state index >= 15 is 0 Å². The molecule has 0 aliphatic heterocycles. The maximum Gasteiger partial charge on any atom is 0.269 e. The van der Waals surface area contributed by atoms with Gasteiger partial charge in [-0.25, -0.2) is 9.37 Å². The molecule has 0 atom stereocenters. The number of amides is 1. The van der Waals surface area contributed by atoms with Crippen LogP contribution < -0.4 is 5.32 Å². The highest BCUT2D eigenvalue weighted by molar-refractivity contribution is 5.92. The van der Waals surface area contributed by atoms with Gasteiger partial charge in [0.1, 0.15) is 11.5 Å². The Morgan fingerprint density at radius 3 is 2.74 bits per heavy atom. The Morgan fingerprint density at radius 2 is 2.00 bits per heavy atom. The van der Waals surface area contributed by atoms with E-state index in [0.717, 1.165) is 5.69 Å². The number of carbonyl (C=O) groups is 1. The molecule has 1 heterocycles. The third-order valence-electron chi connectivity index (χ3n) is 2.76. The Labute approximate surface area is 111 Å². The number of nitrogens with one attached hydrogen (secondary N) is 1. The highest BCUT2D eigenvalue weighted by Gasteiger charge is 2.07. The van der Waals surface area contributed by atoms with E-state index < -0.39 is 0 Å². The fraction of sp³-hybridized carbons (Fsp3) is 0.200. The third-order valence-corrected chi connectivity index (χ3v) is 2.76. The number of rotatable bonds is 4. The van der Waals surface area contributed by atoms with Crippen molar-refractivity contribution in [3.05, 3.63) is 65.2 Å². The fourth-order valence-corrected chi connectivity index (χ4v) is 1.77. The zero-order chi connectivity index (χ0) is 13.7. The quantitative estimate of drug-likeness (QED) is 0.915. The van der Waals surface area contributed by atoms with Gasteiger partial charge < -0.3 is 5.32 Å².